The Balaban J connectivity index is 2.86. The van der Waals surface area contributed by atoms with E-state index in [0.717, 1.165) is 0 Å². The minimum atomic E-state index is -1.02. The fraction of sp³-hybridized carbons (Fsp3) is 0.400. The maximum atomic E-state index is 11.8. The van der Waals surface area contributed by atoms with Crippen molar-refractivity contribution in [1.29, 1.82) is 0 Å². The Bertz CT molecular complexity index is 729. The van der Waals surface area contributed by atoms with Gasteiger partial charge in [0, 0.05) is 5.92 Å². The maximum Gasteiger partial charge on any atom is 0.335 e. The van der Waals surface area contributed by atoms with E-state index in [9.17, 15) is 9.59 Å². The molecule has 0 aliphatic heterocycles. The van der Waals surface area contributed by atoms with Gasteiger partial charge in [-0.05, 0) is 32.0 Å². The van der Waals surface area contributed by atoms with Crippen LogP contribution in [0.2, 0.25) is 0 Å². The number of imidazole rings is 1. The number of amides is 1. The Hall–Kier alpha value is -2.37. The lowest BCUT2D eigenvalue weighted by Crippen LogP contribution is -2.42. The van der Waals surface area contributed by atoms with Crippen LogP contribution in [0.15, 0.2) is 18.2 Å². The van der Waals surface area contributed by atoms with E-state index in [4.69, 9.17) is 10.8 Å². The second-order valence-electron chi connectivity index (χ2n) is 5.89. The first-order valence-electron chi connectivity index (χ1n) is 6.72. The third kappa shape index (κ3) is 2.37. The lowest BCUT2D eigenvalue weighted by Gasteiger charge is -2.27. The van der Waals surface area contributed by atoms with Crippen molar-refractivity contribution in [3.63, 3.8) is 0 Å². The van der Waals surface area contributed by atoms with Crippen molar-refractivity contribution in [3.05, 3.63) is 29.6 Å². The second-order valence-corrected chi connectivity index (χ2v) is 5.89. The van der Waals surface area contributed by atoms with Gasteiger partial charge >= 0.3 is 5.97 Å². The number of aromatic carboxylic acids is 1. The van der Waals surface area contributed by atoms with Crippen molar-refractivity contribution in [1.82, 2.24) is 9.55 Å². The standard InChI is InChI=1S/C15H19N3O3/c1-8(2)12-17-10-6-5-9(13(19)20)7-11(10)18(12)15(3,4)14(16)21/h5-8H,1-4H3,(H2,16,21)(H,19,20). The van der Waals surface area contributed by atoms with E-state index in [0.29, 0.717) is 16.9 Å². The summed E-state index contributed by atoms with van der Waals surface area (Å²) in [5.41, 5.74) is 5.92. The van der Waals surface area contributed by atoms with Crippen LogP contribution in [0.3, 0.4) is 0 Å². The number of carbonyl (C=O) groups is 2. The minimum Gasteiger partial charge on any atom is -0.478 e. The average Bonchev–Trinajstić information content (AvgIpc) is 2.77. The van der Waals surface area contributed by atoms with Gasteiger partial charge in [-0.25, -0.2) is 9.78 Å². The summed E-state index contributed by atoms with van der Waals surface area (Å²) >= 11 is 0. The van der Waals surface area contributed by atoms with Crippen LogP contribution >= 0.6 is 0 Å². The smallest absolute Gasteiger partial charge is 0.335 e. The largest absolute Gasteiger partial charge is 0.478 e. The average molecular weight is 289 g/mol. The zero-order chi connectivity index (χ0) is 15.9. The number of nitrogens with two attached hydrogens (primary N) is 1. The summed E-state index contributed by atoms with van der Waals surface area (Å²) in [5, 5.41) is 9.14. The van der Waals surface area contributed by atoms with Gasteiger partial charge in [-0.15, -0.1) is 0 Å². The van der Waals surface area contributed by atoms with Crippen molar-refractivity contribution in [2.75, 3.05) is 0 Å². The number of fused-ring (bicyclic) bond motifs is 1. The Morgan fingerprint density at radius 2 is 1.95 bits per heavy atom. The third-order valence-electron chi connectivity index (χ3n) is 3.61. The highest BCUT2D eigenvalue weighted by Crippen LogP contribution is 2.29. The van der Waals surface area contributed by atoms with E-state index >= 15 is 0 Å². The molecule has 3 N–H and O–H groups in total. The van der Waals surface area contributed by atoms with Crippen molar-refractivity contribution in [3.8, 4) is 0 Å². The van der Waals surface area contributed by atoms with Gasteiger partial charge in [0.05, 0.1) is 16.6 Å². The third-order valence-corrected chi connectivity index (χ3v) is 3.61. The summed E-state index contributed by atoms with van der Waals surface area (Å²) in [7, 11) is 0. The lowest BCUT2D eigenvalue weighted by atomic mass is 10.0. The predicted molar refractivity (Wildman–Crippen MR) is 79.3 cm³/mol. The number of hydrogen-bond acceptors (Lipinski definition) is 3. The fourth-order valence-corrected chi connectivity index (χ4v) is 2.31. The van der Waals surface area contributed by atoms with Crippen LogP contribution in [0.5, 0.6) is 0 Å². The van der Waals surface area contributed by atoms with Gasteiger partial charge in [-0.2, -0.15) is 0 Å². The highest BCUT2D eigenvalue weighted by Gasteiger charge is 2.32. The molecule has 6 nitrogen and oxygen atoms in total. The summed E-state index contributed by atoms with van der Waals surface area (Å²) in [4.78, 5) is 27.5. The highest BCUT2D eigenvalue weighted by molar-refractivity contribution is 5.93. The van der Waals surface area contributed by atoms with Crippen molar-refractivity contribution in [2.24, 2.45) is 5.73 Å². The van der Waals surface area contributed by atoms with Crippen LogP contribution in [0, 0.1) is 0 Å². The fourth-order valence-electron chi connectivity index (χ4n) is 2.31. The minimum absolute atomic E-state index is 0.0734. The summed E-state index contributed by atoms with van der Waals surface area (Å²) in [5.74, 6) is -0.738. The molecule has 0 spiro atoms. The molecule has 2 rings (SSSR count). The van der Waals surface area contributed by atoms with Crippen LogP contribution in [-0.2, 0) is 10.3 Å². The zero-order valence-corrected chi connectivity index (χ0v) is 12.5. The molecule has 0 bridgehead atoms. The van der Waals surface area contributed by atoms with Crippen LogP contribution in [0.25, 0.3) is 11.0 Å². The van der Waals surface area contributed by atoms with E-state index in [1.54, 1.807) is 24.5 Å². The molecule has 1 amide bonds. The maximum absolute atomic E-state index is 11.8. The number of carbonyl (C=O) groups excluding carboxylic acids is 1. The molecule has 112 valence electrons. The molecule has 1 aromatic heterocycles. The molecule has 1 aromatic carbocycles. The van der Waals surface area contributed by atoms with Gasteiger partial charge in [0.25, 0.3) is 0 Å². The number of rotatable bonds is 4. The van der Waals surface area contributed by atoms with Gasteiger partial charge in [-0.3, -0.25) is 4.79 Å². The van der Waals surface area contributed by atoms with Crippen molar-refractivity contribution >= 4 is 22.9 Å². The lowest BCUT2D eigenvalue weighted by molar-refractivity contribution is -0.125. The van der Waals surface area contributed by atoms with Crippen LogP contribution < -0.4 is 5.73 Å². The normalized spacial score (nSPS) is 12.0. The number of nitrogens with zero attached hydrogens (tertiary/aromatic N) is 2. The first-order chi connectivity index (χ1) is 9.66. The van der Waals surface area contributed by atoms with Crippen LogP contribution in [-0.4, -0.2) is 26.5 Å². The van der Waals surface area contributed by atoms with Crippen LogP contribution in [0.1, 0.15) is 49.8 Å². The summed E-state index contributed by atoms with van der Waals surface area (Å²) in [6.45, 7) is 7.34. The number of primary amides is 1. The molecule has 0 unspecified atom stereocenters. The molecule has 0 aliphatic rings. The number of aromatic nitrogens is 2. The Kier molecular flexibility index (Phi) is 3.49. The molecule has 6 heteroatoms. The van der Waals surface area contributed by atoms with Crippen LogP contribution in [0.4, 0.5) is 0 Å². The quantitative estimate of drug-likeness (QED) is 0.900. The van der Waals surface area contributed by atoms with E-state index < -0.39 is 17.4 Å². The molecular formula is C15H19N3O3. The Morgan fingerprint density at radius 1 is 1.33 bits per heavy atom. The van der Waals surface area contributed by atoms with Gasteiger partial charge in [0.2, 0.25) is 5.91 Å². The Labute approximate surface area is 122 Å². The van der Waals surface area contributed by atoms with Gasteiger partial charge in [0.15, 0.2) is 0 Å². The molecular weight excluding hydrogens is 270 g/mol. The number of benzene rings is 1. The predicted octanol–water partition coefficient (Wildman–Crippen LogP) is 2.08. The highest BCUT2D eigenvalue weighted by atomic mass is 16.4. The zero-order valence-electron chi connectivity index (χ0n) is 12.5. The van der Waals surface area contributed by atoms with Crippen molar-refractivity contribution < 1.29 is 14.7 Å². The Morgan fingerprint density at radius 3 is 2.43 bits per heavy atom. The second kappa shape index (κ2) is 4.87. The number of carboxylic acid groups (broad SMARTS) is 1. The first-order valence-corrected chi connectivity index (χ1v) is 6.72. The van der Waals surface area contributed by atoms with Gasteiger partial charge < -0.3 is 15.4 Å². The molecule has 0 saturated heterocycles. The molecule has 0 saturated carbocycles. The summed E-state index contributed by atoms with van der Waals surface area (Å²) in [6, 6.07) is 4.68. The molecule has 0 radical (unpaired) electrons. The first kappa shape index (κ1) is 15.0. The number of hydrogen-bond donors (Lipinski definition) is 2. The monoisotopic (exact) mass is 289 g/mol. The van der Waals surface area contributed by atoms with Gasteiger partial charge in [0.1, 0.15) is 11.4 Å². The van der Waals surface area contributed by atoms with E-state index in [-0.39, 0.29) is 11.5 Å². The van der Waals surface area contributed by atoms with Gasteiger partial charge in [-0.1, -0.05) is 13.8 Å². The van der Waals surface area contributed by atoms with E-state index in [2.05, 4.69) is 4.98 Å². The SMILES string of the molecule is CC(C)c1nc2ccc(C(=O)O)cc2n1C(C)(C)C(N)=O. The van der Waals surface area contributed by atoms with E-state index in [1.807, 2.05) is 13.8 Å². The topological polar surface area (TPSA) is 98.2 Å². The molecule has 0 fully saturated rings. The summed E-state index contributed by atoms with van der Waals surface area (Å²) in [6.07, 6.45) is 0. The molecule has 21 heavy (non-hydrogen) atoms. The number of carboxylic acids is 1. The molecule has 0 atom stereocenters. The summed E-state index contributed by atoms with van der Waals surface area (Å²) < 4.78 is 1.74. The van der Waals surface area contributed by atoms with Crippen molar-refractivity contribution in [2.45, 2.75) is 39.2 Å². The molecule has 2 aromatic rings. The molecule has 1 heterocycles. The molecule has 0 aliphatic carbocycles. The van der Waals surface area contributed by atoms with E-state index in [1.165, 1.54) is 12.1 Å².